The standard InChI is InChI=1S/C32H30ClNO5/c1-32(2,3)22-9-7-20(8-10-22)28-27(29(35)26-18-21-17-23(33)11-14-25(21)39-26)30(36)31(37)34(28)16-15-19-5-12-24(38-4)13-6-19/h5-14,17-18,28,36H,15-16H2,1-4H3. The molecule has 1 aliphatic heterocycles. The Morgan fingerprint density at radius 3 is 2.36 bits per heavy atom. The van der Waals surface area contributed by atoms with E-state index in [-0.39, 0.29) is 16.7 Å². The van der Waals surface area contributed by atoms with E-state index in [1.54, 1.807) is 36.3 Å². The predicted octanol–water partition coefficient (Wildman–Crippen LogP) is 7.21. The molecule has 2 heterocycles. The zero-order valence-corrected chi connectivity index (χ0v) is 23.1. The van der Waals surface area contributed by atoms with Crippen molar-refractivity contribution in [1.29, 1.82) is 0 Å². The number of furan rings is 1. The third-order valence-corrected chi connectivity index (χ3v) is 7.38. The molecule has 1 unspecified atom stereocenters. The first-order chi connectivity index (χ1) is 18.6. The molecule has 0 fully saturated rings. The lowest BCUT2D eigenvalue weighted by Gasteiger charge is -2.27. The summed E-state index contributed by atoms with van der Waals surface area (Å²) in [7, 11) is 1.61. The topological polar surface area (TPSA) is 80.0 Å². The Bertz CT molecular complexity index is 1580. The monoisotopic (exact) mass is 543 g/mol. The van der Waals surface area contributed by atoms with E-state index in [0.29, 0.717) is 29.0 Å². The van der Waals surface area contributed by atoms with Crippen LogP contribution in [0, 0.1) is 0 Å². The first-order valence-electron chi connectivity index (χ1n) is 12.8. The smallest absolute Gasteiger partial charge is 0.290 e. The van der Waals surface area contributed by atoms with Crippen molar-refractivity contribution in [2.45, 2.75) is 38.6 Å². The van der Waals surface area contributed by atoms with Gasteiger partial charge in [-0.05, 0) is 64.9 Å². The van der Waals surface area contributed by atoms with Crippen LogP contribution in [-0.4, -0.2) is 35.4 Å². The number of benzene rings is 3. The number of carbonyl (C=O) groups excluding carboxylic acids is 2. The van der Waals surface area contributed by atoms with Gasteiger partial charge in [0.05, 0.1) is 18.7 Å². The molecule has 200 valence electrons. The number of hydrogen-bond acceptors (Lipinski definition) is 5. The number of fused-ring (bicyclic) bond motifs is 1. The summed E-state index contributed by atoms with van der Waals surface area (Å²) in [6, 6.07) is 21.3. The third-order valence-electron chi connectivity index (χ3n) is 7.14. The Hall–Kier alpha value is -4.03. The number of ether oxygens (including phenoxy) is 1. The maximum Gasteiger partial charge on any atom is 0.290 e. The molecular weight excluding hydrogens is 514 g/mol. The molecule has 1 N–H and O–H groups in total. The quantitative estimate of drug-likeness (QED) is 0.249. The molecule has 0 bridgehead atoms. The van der Waals surface area contributed by atoms with Crippen LogP contribution in [0.15, 0.2) is 88.5 Å². The summed E-state index contributed by atoms with van der Waals surface area (Å²) in [5.41, 5.74) is 3.29. The minimum Gasteiger partial charge on any atom is -0.503 e. The Morgan fingerprint density at radius 1 is 1.03 bits per heavy atom. The molecule has 1 aromatic heterocycles. The average Bonchev–Trinajstić information content (AvgIpc) is 3.45. The van der Waals surface area contributed by atoms with E-state index in [0.717, 1.165) is 22.4 Å². The van der Waals surface area contributed by atoms with Crippen molar-refractivity contribution in [1.82, 2.24) is 4.90 Å². The lowest BCUT2D eigenvalue weighted by Crippen LogP contribution is -2.33. The van der Waals surface area contributed by atoms with Crippen molar-refractivity contribution >= 4 is 34.3 Å². The van der Waals surface area contributed by atoms with Crippen molar-refractivity contribution in [2.75, 3.05) is 13.7 Å². The molecule has 0 spiro atoms. The second kappa shape index (κ2) is 10.3. The maximum absolute atomic E-state index is 13.8. The van der Waals surface area contributed by atoms with Crippen LogP contribution in [0.25, 0.3) is 11.0 Å². The number of methoxy groups -OCH3 is 1. The fraction of sp³-hybridized carbons (Fsp3) is 0.250. The van der Waals surface area contributed by atoms with Gasteiger partial charge in [0.25, 0.3) is 5.91 Å². The number of aliphatic hydroxyl groups is 1. The molecule has 0 saturated carbocycles. The number of Topliss-reactive ketones (excluding diaryl/α,β-unsaturated/α-hetero) is 1. The van der Waals surface area contributed by atoms with Crippen LogP contribution in [0.5, 0.6) is 5.75 Å². The number of rotatable bonds is 7. The molecular formula is C32H30ClNO5. The van der Waals surface area contributed by atoms with Gasteiger partial charge in [-0.2, -0.15) is 0 Å². The Morgan fingerprint density at radius 2 is 1.72 bits per heavy atom. The van der Waals surface area contributed by atoms with E-state index in [2.05, 4.69) is 20.8 Å². The van der Waals surface area contributed by atoms with Crippen LogP contribution in [-0.2, 0) is 16.6 Å². The molecule has 5 rings (SSSR count). The van der Waals surface area contributed by atoms with E-state index >= 15 is 0 Å². The van der Waals surface area contributed by atoms with Gasteiger partial charge in [0.15, 0.2) is 11.5 Å². The van der Waals surface area contributed by atoms with Crippen molar-refractivity contribution < 1.29 is 23.8 Å². The number of halogens is 1. The number of aliphatic hydroxyl groups excluding tert-OH is 1. The zero-order chi connectivity index (χ0) is 27.9. The minimum absolute atomic E-state index is 0.00314. The molecule has 4 aromatic rings. The molecule has 1 atom stereocenters. The number of ketones is 1. The van der Waals surface area contributed by atoms with Gasteiger partial charge in [0.1, 0.15) is 11.3 Å². The van der Waals surface area contributed by atoms with Crippen LogP contribution in [0.3, 0.4) is 0 Å². The van der Waals surface area contributed by atoms with Gasteiger partial charge in [0.2, 0.25) is 5.78 Å². The van der Waals surface area contributed by atoms with Crippen LogP contribution in [0.1, 0.15) is 54.1 Å². The largest absolute Gasteiger partial charge is 0.503 e. The lowest BCUT2D eigenvalue weighted by atomic mass is 9.85. The summed E-state index contributed by atoms with van der Waals surface area (Å²) in [5, 5.41) is 12.2. The maximum atomic E-state index is 13.8. The zero-order valence-electron chi connectivity index (χ0n) is 22.3. The molecule has 3 aromatic carbocycles. The van der Waals surface area contributed by atoms with Crippen LogP contribution in [0.2, 0.25) is 5.02 Å². The second-order valence-corrected chi connectivity index (χ2v) is 11.2. The van der Waals surface area contributed by atoms with Crippen LogP contribution >= 0.6 is 11.6 Å². The summed E-state index contributed by atoms with van der Waals surface area (Å²) in [5.74, 6) is -0.902. The highest BCUT2D eigenvalue weighted by atomic mass is 35.5. The SMILES string of the molecule is COc1ccc(CCN2C(=O)C(O)=C(C(=O)c3cc4cc(Cl)ccc4o3)C2c2ccc(C(C)(C)C)cc2)cc1. The molecule has 1 aliphatic rings. The highest BCUT2D eigenvalue weighted by molar-refractivity contribution is 6.31. The van der Waals surface area contributed by atoms with Gasteiger partial charge in [-0.15, -0.1) is 0 Å². The fourth-order valence-corrected chi connectivity index (χ4v) is 5.11. The van der Waals surface area contributed by atoms with Crippen molar-refractivity contribution in [3.63, 3.8) is 0 Å². The Kier molecular flexibility index (Phi) is 7.00. The van der Waals surface area contributed by atoms with Crippen molar-refractivity contribution in [3.05, 3.63) is 112 Å². The summed E-state index contributed by atoms with van der Waals surface area (Å²) in [4.78, 5) is 28.8. The van der Waals surface area contributed by atoms with E-state index in [9.17, 15) is 14.7 Å². The van der Waals surface area contributed by atoms with Crippen LogP contribution < -0.4 is 4.74 Å². The van der Waals surface area contributed by atoms with Gasteiger partial charge in [-0.3, -0.25) is 9.59 Å². The highest BCUT2D eigenvalue weighted by Gasteiger charge is 2.44. The van der Waals surface area contributed by atoms with Gasteiger partial charge in [-0.1, -0.05) is 68.8 Å². The van der Waals surface area contributed by atoms with Crippen molar-refractivity contribution in [3.8, 4) is 5.75 Å². The summed E-state index contributed by atoms with van der Waals surface area (Å²) in [6.45, 7) is 6.66. The van der Waals surface area contributed by atoms with Gasteiger partial charge < -0.3 is 19.2 Å². The van der Waals surface area contributed by atoms with Gasteiger partial charge in [-0.25, -0.2) is 0 Å². The van der Waals surface area contributed by atoms with Gasteiger partial charge >= 0.3 is 0 Å². The minimum atomic E-state index is -0.769. The Labute approximate surface area is 232 Å². The molecule has 0 saturated heterocycles. The van der Waals surface area contributed by atoms with E-state index in [1.807, 2.05) is 48.5 Å². The van der Waals surface area contributed by atoms with Gasteiger partial charge in [0, 0.05) is 17.0 Å². The first kappa shape index (κ1) is 26.6. The average molecular weight is 544 g/mol. The molecule has 0 aliphatic carbocycles. The van der Waals surface area contributed by atoms with E-state index in [4.69, 9.17) is 20.8 Å². The fourth-order valence-electron chi connectivity index (χ4n) is 4.93. The predicted molar refractivity (Wildman–Crippen MR) is 152 cm³/mol. The second-order valence-electron chi connectivity index (χ2n) is 10.8. The lowest BCUT2D eigenvalue weighted by molar-refractivity contribution is -0.129. The molecule has 39 heavy (non-hydrogen) atoms. The summed E-state index contributed by atoms with van der Waals surface area (Å²) in [6.07, 6.45) is 0.532. The Balaban J connectivity index is 1.53. The van der Waals surface area contributed by atoms with E-state index < -0.39 is 23.5 Å². The molecule has 1 amide bonds. The number of hydrogen-bond donors (Lipinski definition) is 1. The number of amides is 1. The van der Waals surface area contributed by atoms with Crippen LogP contribution in [0.4, 0.5) is 0 Å². The number of carbonyl (C=O) groups is 2. The highest BCUT2D eigenvalue weighted by Crippen LogP contribution is 2.40. The summed E-state index contributed by atoms with van der Waals surface area (Å²) >= 11 is 6.11. The van der Waals surface area contributed by atoms with E-state index in [1.165, 1.54) is 0 Å². The first-order valence-corrected chi connectivity index (χ1v) is 13.2. The summed E-state index contributed by atoms with van der Waals surface area (Å²) < 4.78 is 11.1. The van der Waals surface area contributed by atoms with Crippen molar-refractivity contribution in [2.24, 2.45) is 0 Å². The molecule has 6 nitrogen and oxygen atoms in total. The number of nitrogens with zero attached hydrogens (tertiary/aromatic N) is 1. The molecule has 7 heteroatoms. The normalized spacial score (nSPS) is 15.9. The third kappa shape index (κ3) is 5.17. The molecule has 0 radical (unpaired) electrons.